The number of hydrogen-bond donors (Lipinski definition) is 0. The Morgan fingerprint density at radius 2 is 2.03 bits per heavy atom. The van der Waals surface area contributed by atoms with Gasteiger partial charge in [-0.2, -0.15) is 0 Å². The average molecular weight is 433 g/mol. The van der Waals surface area contributed by atoms with Crippen molar-refractivity contribution in [1.29, 1.82) is 0 Å². The van der Waals surface area contributed by atoms with E-state index in [1.54, 1.807) is 30.0 Å². The number of hydrogen-bond acceptors (Lipinski definition) is 5. The van der Waals surface area contributed by atoms with E-state index in [4.69, 9.17) is 4.74 Å². The Hall–Kier alpha value is -2.74. The fraction of sp³-hybridized carbons (Fsp3) is 0.409. The van der Waals surface area contributed by atoms with Crippen molar-refractivity contribution in [2.75, 3.05) is 19.7 Å². The summed E-state index contributed by atoms with van der Waals surface area (Å²) in [6.45, 7) is 5.22. The van der Waals surface area contributed by atoms with Crippen LogP contribution in [0.5, 0.6) is 0 Å². The number of amides is 1. The summed E-state index contributed by atoms with van der Waals surface area (Å²) >= 11 is 1.10. The minimum atomic E-state index is -0.570. The lowest BCUT2D eigenvalue weighted by molar-refractivity contribution is -0.136. The normalized spacial score (nSPS) is 18.0. The van der Waals surface area contributed by atoms with Gasteiger partial charge in [0.25, 0.3) is 5.56 Å². The van der Waals surface area contributed by atoms with Crippen molar-refractivity contribution >= 4 is 35.4 Å². The molecule has 1 saturated heterocycles. The topological polar surface area (TPSA) is 68.6 Å². The zero-order valence-corrected chi connectivity index (χ0v) is 17.9. The van der Waals surface area contributed by atoms with Crippen LogP contribution in [0, 0.1) is 11.7 Å². The van der Waals surface area contributed by atoms with Gasteiger partial charge in [0, 0.05) is 13.1 Å². The lowest BCUT2D eigenvalue weighted by Crippen LogP contribution is -2.44. The number of aromatic nitrogens is 1. The summed E-state index contributed by atoms with van der Waals surface area (Å²) in [4.78, 5) is 39.6. The van der Waals surface area contributed by atoms with Crippen LogP contribution in [0.4, 0.5) is 4.39 Å². The second-order valence-electron chi connectivity index (χ2n) is 7.38. The smallest absolute Gasteiger partial charge is 0.333 e. The summed E-state index contributed by atoms with van der Waals surface area (Å²) < 4.78 is 20.2. The Labute approximate surface area is 177 Å². The van der Waals surface area contributed by atoms with Gasteiger partial charge in [0.15, 0.2) is 0 Å². The molecule has 1 unspecified atom stereocenters. The number of benzene rings is 1. The molecule has 1 fully saturated rings. The fourth-order valence-electron chi connectivity index (χ4n) is 3.44. The first-order chi connectivity index (χ1) is 14.4. The monoisotopic (exact) mass is 432 g/mol. The van der Waals surface area contributed by atoms with Crippen LogP contribution in [0.2, 0.25) is 0 Å². The molecule has 1 aromatic carbocycles. The van der Waals surface area contributed by atoms with Gasteiger partial charge in [-0.25, -0.2) is 9.18 Å². The summed E-state index contributed by atoms with van der Waals surface area (Å²) in [5.74, 6) is -0.656. The van der Waals surface area contributed by atoms with Gasteiger partial charge in [0.1, 0.15) is 17.0 Å². The summed E-state index contributed by atoms with van der Waals surface area (Å²) in [5.41, 5.74) is 0.291. The van der Waals surface area contributed by atoms with Crippen molar-refractivity contribution in [1.82, 2.24) is 9.47 Å². The second-order valence-corrected chi connectivity index (χ2v) is 8.44. The van der Waals surface area contributed by atoms with E-state index < -0.39 is 5.97 Å². The lowest BCUT2D eigenvalue weighted by Gasteiger charge is -2.31. The number of halogens is 1. The molecule has 1 amide bonds. The van der Waals surface area contributed by atoms with Crippen LogP contribution < -0.4 is 14.8 Å². The number of carbonyl (C=O) groups is 2. The molecule has 0 radical (unpaired) electrons. The van der Waals surface area contributed by atoms with E-state index >= 15 is 0 Å². The third-order valence-corrected chi connectivity index (χ3v) is 6.00. The second kappa shape index (κ2) is 9.84. The van der Waals surface area contributed by atoms with Gasteiger partial charge in [-0.1, -0.05) is 19.1 Å². The van der Waals surface area contributed by atoms with Gasteiger partial charge in [0.05, 0.1) is 17.2 Å². The van der Waals surface area contributed by atoms with E-state index in [0.717, 1.165) is 24.2 Å². The maximum atomic E-state index is 13.2. The fourth-order valence-corrected chi connectivity index (χ4v) is 4.47. The summed E-state index contributed by atoms with van der Waals surface area (Å²) in [7, 11) is 0. The van der Waals surface area contributed by atoms with E-state index in [0.29, 0.717) is 33.8 Å². The highest BCUT2D eigenvalue weighted by Crippen LogP contribution is 2.15. The SMILES string of the molecule is CCOC(=O)/C=c1\s/c(=C/c2ccc(F)cc2)c(=O)n1CC(=O)N1CCCC(C)C1. The molecule has 0 bridgehead atoms. The number of carbonyl (C=O) groups excluding carboxylic acids is 2. The molecular weight excluding hydrogens is 407 g/mol. The molecule has 160 valence electrons. The molecule has 2 heterocycles. The third kappa shape index (κ3) is 5.44. The zero-order chi connectivity index (χ0) is 21.7. The third-order valence-electron chi connectivity index (χ3n) is 4.94. The van der Waals surface area contributed by atoms with Crippen LogP contribution in [0.25, 0.3) is 12.2 Å². The van der Waals surface area contributed by atoms with Crippen molar-refractivity contribution in [3.05, 3.63) is 55.2 Å². The Kier molecular flexibility index (Phi) is 7.20. The predicted octanol–water partition coefficient (Wildman–Crippen LogP) is 1.48. The number of thiazole rings is 1. The first-order valence-electron chi connectivity index (χ1n) is 10.0. The van der Waals surface area contributed by atoms with E-state index in [1.165, 1.54) is 22.8 Å². The number of nitrogens with zero attached hydrogens (tertiary/aromatic N) is 2. The molecule has 3 rings (SSSR count). The summed E-state index contributed by atoms with van der Waals surface area (Å²) in [6, 6.07) is 5.75. The van der Waals surface area contributed by atoms with Gasteiger partial charge in [0.2, 0.25) is 5.91 Å². The Balaban J connectivity index is 2.00. The quantitative estimate of drug-likeness (QED) is 0.672. The van der Waals surface area contributed by atoms with Crippen LogP contribution in [-0.4, -0.2) is 41.0 Å². The number of likely N-dealkylation sites (tertiary alicyclic amines) is 1. The molecule has 1 aliphatic rings. The number of piperidine rings is 1. The number of ether oxygens (including phenoxy) is 1. The van der Waals surface area contributed by atoms with Gasteiger partial charge < -0.3 is 9.64 Å². The van der Waals surface area contributed by atoms with E-state index in [2.05, 4.69) is 6.92 Å². The van der Waals surface area contributed by atoms with Crippen molar-refractivity contribution < 1.29 is 18.7 Å². The maximum Gasteiger partial charge on any atom is 0.333 e. The minimum Gasteiger partial charge on any atom is -0.463 e. The molecule has 1 aliphatic heterocycles. The van der Waals surface area contributed by atoms with Crippen LogP contribution in [0.3, 0.4) is 0 Å². The highest BCUT2D eigenvalue weighted by atomic mass is 32.1. The molecular formula is C22H25FN2O4S. The van der Waals surface area contributed by atoms with Gasteiger partial charge >= 0.3 is 5.97 Å². The molecule has 1 aromatic heterocycles. The molecule has 6 nitrogen and oxygen atoms in total. The molecule has 0 saturated carbocycles. The predicted molar refractivity (Wildman–Crippen MR) is 114 cm³/mol. The average Bonchev–Trinajstić information content (AvgIpc) is 2.98. The number of esters is 1. The first kappa shape index (κ1) is 22.0. The highest BCUT2D eigenvalue weighted by Gasteiger charge is 2.22. The standard InChI is InChI=1S/C22H25FN2O4S/c1-3-29-21(27)12-20-25(14-19(26)24-10-4-5-15(2)13-24)22(28)18(30-20)11-16-6-8-17(23)9-7-16/h6-9,11-12,15H,3-5,10,13-14H2,1-2H3/b18-11+,20-12-. The van der Waals surface area contributed by atoms with Crippen LogP contribution in [-0.2, 0) is 20.9 Å². The molecule has 0 aliphatic carbocycles. The van der Waals surface area contributed by atoms with Crippen LogP contribution in [0.1, 0.15) is 32.3 Å². The van der Waals surface area contributed by atoms with E-state index in [-0.39, 0.29) is 30.4 Å². The Morgan fingerprint density at radius 3 is 2.70 bits per heavy atom. The summed E-state index contributed by atoms with van der Waals surface area (Å²) in [6.07, 6.45) is 4.89. The van der Waals surface area contributed by atoms with Crippen molar-refractivity contribution in [2.45, 2.75) is 33.2 Å². The number of rotatable bonds is 5. The molecule has 30 heavy (non-hydrogen) atoms. The zero-order valence-electron chi connectivity index (χ0n) is 17.1. The van der Waals surface area contributed by atoms with E-state index in [9.17, 15) is 18.8 Å². The van der Waals surface area contributed by atoms with Gasteiger partial charge in [-0.3, -0.25) is 14.2 Å². The van der Waals surface area contributed by atoms with Crippen LogP contribution in [0.15, 0.2) is 29.1 Å². The van der Waals surface area contributed by atoms with E-state index in [1.807, 2.05) is 0 Å². The highest BCUT2D eigenvalue weighted by molar-refractivity contribution is 7.07. The molecule has 2 aromatic rings. The summed E-state index contributed by atoms with van der Waals surface area (Å²) in [5, 5.41) is 0. The molecule has 0 spiro atoms. The Bertz CT molecular complexity index is 1090. The van der Waals surface area contributed by atoms with Crippen molar-refractivity contribution in [3.63, 3.8) is 0 Å². The largest absolute Gasteiger partial charge is 0.463 e. The first-order valence-corrected chi connectivity index (χ1v) is 10.8. The molecule has 1 atom stereocenters. The lowest BCUT2D eigenvalue weighted by atomic mass is 10.0. The molecule has 8 heteroatoms. The molecule has 0 N–H and O–H groups in total. The minimum absolute atomic E-state index is 0.134. The van der Waals surface area contributed by atoms with Gasteiger partial charge in [-0.05, 0) is 49.5 Å². The van der Waals surface area contributed by atoms with Crippen LogP contribution >= 0.6 is 11.3 Å². The van der Waals surface area contributed by atoms with Gasteiger partial charge in [-0.15, -0.1) is 11.3 Å². The van der Waals surface area contributed by atoms with Crippen molar-refractivity contribution in [3.8, 4) is 0 Å². The Morgan fingerprint density at radius 1 is 1.30 bits per heavy atom. The maximum absolute atomic E-state index is 13.2. The van der Waals surface area contributed by atoms with Crippen molar-refractivity contribution in [2.24, 2.45) is 5.92 Å².